The number of rotatable bonds is 6. The van der Waals surface area contributed by atoms with Crippen LogP contribution in [-0.2, 0) is 11.2 Å². The Balaban J connectivity index is 1.42. The highest BCUT2D eigenvalue weighted by Gasteiger charge is 2.25. The fourth-order valence-corrected chi connectivity index (χ4v) is 4.97. The fraction of sp³-hybridized carbons (Fsp3) is 0.200. The molecule has 0 spiro atoms. The highest BCUT2D eigenvalue weighted by Crippen LogP contribution is 2.32. The summed E-state index contributed by atoms with van der Waals surface area (Å²) in [6.45, 7) is 2.61. The maximum absolute atomic E-state index is 13.2. The molecule has 1 aliphatic rings. The third-order valence-corrected chi connectivity index (χ3v) is 6.80. The highest BCUT2D eigenvalue weighted by molar-refractivity contribution is 7.99. The van der Waals surface area contributed by atoms with E-state index >= 15 is 0 Å². The molecule has 10 heteroatoms. The van der Waals surface area contributed by atoms with Gasteiger partial charge >= 0.3 is 0 Å². The molecule has 176 valence electrons. The van der Waals surface area contributed by atoms with Crippen molar-refractivity contribution < 1.29 is 9.72 Å². The minimum absolute atomic E-state index is 0.0438. The first kappa shape index (κ1) is 22.7. The van der Waals surface area contributed by atoms with Crippen LogP contribution in [0.5, 0.6) is 0 Å². The average molecular weight is 487 g/mol. The highest BCUT2D eigenvalue weighted by atomic mass is 32.2. The van der Waals surface area contributed by atoms with E-state index in [1.807, 2.05) is 47.9 Å². The molecule has 4 aromatic rings. The lowest BCUT2D eigenvalue weighted by atomic mass is 10.0. The van der Waals surface area contributed by atoms with E-state index in [2.05, 4.69) is 15.2 Å². The number of carbonyl (C=O) groups is 1. The zero-order chi connectivity index (χ0) is 24.4. The molecule has 0 radical (unpaired) electrons. The summed E-state index contributed by atoms with van der Waals surface area (Å²) in [4.78, 5) is 29.8. The fourth-order valence-electron chi connectivity index (χ4n) is 4.14. The van der Waals surface area contributed by atoms with Gasteiger partial charge in [-0.2, -0.15) is 0 Å². The van der Waals surface area contributed by atoms with Gasteiger partial charge in [0.25, 0.3) is 5.69 Å². The Morgan fingerprint density at radius 3 is 2.60 bits per heavy atom. The van der Waals surface area contributed by atoms with Gasteiger partial charge in [0.05, 0.1) is 10.7 Å². The van der Waals surface area contributed by atoms with Crippen molar-refractivity contribution >= 4 is 29.0 Å². The monoisotopic (exact) mass is 486 g/mol. The van der Waals surface area contributed by atoms with Crippen molar-refractivity contribution in [2.24, 2.45) is 0 Å². The molecule has 9 nitrogen and oxygen atoms in total. The zero-order valence-corrected chi connectivity index (χ0v) is 19.8. The Hall–Kier alpha value is -4.05. The second-order valence-corrected chi connectivity index (χ2v) is 9.16. The van der Waals surface area contributed by atoms with Crippen molar-refractivity contribution in [2.45, 2.75) is 24.9 Å². The van der Waals surface area contributed by atoms with Crippen LogP contribution in [0.4, 0.5) is 11.4 Å². The maximum atomic E-state index is 13.2. The molecule has 35 heavy (non-hydrogen) atoms. The summed E-state index contributed by atoms with van der Waals surface area (Å²) in [7, 11) is 0. The van der Waals surface area contributed by atoms with Crippen LogP contribution in [0.2, 0.25) is 0 Å². The van der Waals surface area contributed by atoms with E-state index in [4.69, 9.17) is 0 Å². The van der Waals surface area contributed by atoms with Crippen molar-refractivity contribution in [3.63, 3.8) is 0 Å². The molecule has 1 amide bonds. The van der Waals surface area contributed by atoms with Crippen molar-refractivity contribution in [1.82, 2.24) is 19.7 Å². The number of pyridine rings is 1. The molecule has 2 aromatic heterocycles. The summed E-state index contributed by atoms with van der Waals surface area (Å²) in [5.74, 6) is 0.757. The molecule has 1 aliphatic heterocycles. The van der Waals surface area contributed by atoms with Gasteiger partial charge in [-0.3, -0.25) is 24.5 Å². The summed E-state index contributed by atoms with van der Waals surface area (Å²) >= 11 is 1.32. The lowest BCUT2D eigenvalue weighted by Gasteiger charge is -2.29. The van der Waals surface area contributed by atoms with Gasteiger partial charge in [0.15, 0.2) is 11.0 Å². The normalized spacial score (nSPS) is 12.9. The SMILES string of the molecule is Cc1ccc(-n2c(SCC(=O)N3CCCc4cc([N+](=O)[O-])ccc43)nnc2-c2ccncc2)cc1. The Bertz CT molecular complexity index is 1390. The van der Waals surface area contributed by atoms with Gasteiger partial charge < -0.3 is 4.90 Å². The number of aryl methyl sites for hydroxylation is 2. The van der Waals surface area contributed by atoms with Crippen LogP contribution in [-0.4, -0.2) is 42.9 Å². The second-order valence-electron chi connectivity index (χ2n) is 8.22. The molecule has 0 saturated heterocycles. The van der Waals surface area contributed by atoms with Crippen molar-refractivity contribution in [3.8, 4) is 17.1 Å². The number of nitro benzene ring substituents is 1. The van der Waals surface area contributed by atoms with Crippen LogP contribution in [0, 0.1) is 17.0 Å². The average Bonchev–Trinajstić information content (AvgIpc) is 3.31. The first-order valence-electron chi connectivity index (χ1n) is 11.1. The molecule has 0 saturated carbocycles. The van der Waals surface area contributed by atoms with E-state index in [-0.39, 0.29) is 17.3 Å². The minimum Gasteiger partial charge on any atom is -0.311 e. The number of anilines is 1. The molecule has 0 unspecified atom stereocenters. The number of carbonyl (C=O) groups excluding carboxylic acids is 1. The Kier molecular flexibility index (Phi) is 6.28. The summed E-state index contributed by atoms with van der Waals surface area (Å²) < 4.78 is 1.94. The topological polar surface area (TPSA) is 107 Å². The number of nitrogens with zero attached hydrogens (tertiary/aromatic N) is 6. The largest absolute Gasteiger partial charge is 0.311 e. The summed E-state index contributed by atoms with van der Waals surface area (Å²) in [6.07, 6.45) is 4.89. The van der Waals surface area contributed by atoms with Crippen molar-refractivity contribution in [3.05, 3.63) is 88.2 Å². The van der Waals surface area contributed by atoms with Gasteiger partial charge in [0.2, 0.25) is 5.91 Å². The Morgan fingerprint density at radius 2 is 1.86 bits per heavy atom. The minimum atomic E-state index is -0.408. The first-order valence-corrected chi connectivity index (χ1v) is 12.1. The standard InChI is InChI=1S/C25H22N6O3S/c1-17-4-6-20(7-5-17)30-24(18-10-12-26-13-11-18)27-28-25(30)35-16-23(32)29-14-2-3-19-15-21(31(33)34)8-9-22(19)29/h4-13,15H,2-3,14,16H2,1H3. The predicted octanol–water partition coefficient (Wildman–Crippen LogP) is 4.62. The number of benzene rings is 2. The van der Waals surface area contributed by atoms with Gasteiger partial charge in [-0.25, -0.2) is 0 Å². The molecule has 0 aliphatic carbocycles. The molecule has 0 bridgehead atoms. The molecule has 0 N–H and O–H groups in total. The van der Waals surface area contributed by atoms with E-state index in [1.165, 1.54) is 17.8 Å². The quantitative estimate of drug-likeness (QED) is 0.222. The third kappa shape index (κ3) is 4.65. The molecule has 2 aromatic carbocycles. The lowest BCUT2D eigenvalue weighted by molar-refractivity contribution is -0.384. The molecule has 5 rings (SSSR count). The van der Waals surface area contributed by atoms with Crippen LogP contribution >= 0.6 is 11.8 Å². The lowest BCUT2D eigenvalue weighted by Crippen LogP contribution is -2.36. The molecule has 0 atom stereocenters. The number of nitro groups is 1. The van der Waals surface area contributed by atoms with Crippen LogP contribution in [0.25, 0.3) is 17.1 Å². The van der Waals surface area contributed by atoms with Gasteiger partial charge in [-0.1, -0.05) is 29.5 Å². The summed E-state index contributed by atoms with van der Waals surface area (Å²) in [5, 5.41) is 20.5. The molecule has 0 fully saturated rings. The van der Waals surface area contributed by atoms with E-state index < -0.39 is 4.92 Å². The van der Waals surface area contributed by atoms with Crippen molar-refractivity contribution in [2.75, 3.05) is 17.2 Å². The summed E-state index contributed by atoms with van der Waals surface area (Å²) in [6, 6.07) is 16.5. The second kappa shape index (κ2) is 9.67. The van der Waals surface area contributed by atoms with Gasteiger partial charge in [-0.15, -0.1) is 10.2 Å². The number of hydrogen-bond acceptors (Lipinski definition) is 7. The number of amides is 1. The van der Waals surface area contributed by atoms with E-state index in [0.717, 1.165) is 34.5 Å². The van der Waals surface area contributed by atoms with Crippen LogP contribution in [0.1, 0.15) is 17.5 Å². The number of hydrogen-bond donors (Lipinski definition) is 0. The van der Waals surface area contributed by atoms with Gasteiger partial charge in [0.1, 0.15) is 0 Å². The maximum Gasteiger partial charge on any atom is 0.269 e. The van der Waals surface area contributed by atoms with Crippen LogP contribution in [0.3, 0.4) is 0 Å². The van der Waals surface area contributed by atoms with Gasteiger partial charge in [-0.05, 0) is 55.7 Å². The van der Waals surface area contributed by atoms with Crippen LogP contribution in [0.15, 0.2) is 72.1 Å². The molecule has 3 heterocycles. The van der Waals surface area contributed by atoms with E-state index in [0.29, 0.717) is 23.9 Å². The number of non-ortho nitro benzene ring substituents is 1. The van der Waals surface area contributed by atoms with E-state index in [1.54, 1.807) is 29.4 Å². The Morgan fingerprint density at radius 1 is 1.09 bits per heavy atom. The van der Waals surface area contributed by atoms with Crippen molar-refractivity contribution in [1.29, 1.82) is 0 Å². The zero-order valence-electron chi connectivity index (χ0n) is 19.0. The third-order valence-electron chi connectivity index (χ3n) is 5.88. The number of fused-ring (bicyclic) bond motifs is 1. The molecular weight excluding hydrogens is 464 g/mol. The number of thioether (sulfide) groups is 1. The number of aromatic nitrogens is 4. The van der Waals surface area contributed by atoms with E-state index in [9.17, 15) is 14.9 Å². The Labute approximate surface area is 206 Å². The van der Waals surface area contributed by atoms with Gasteiger partial charge in [0, 0.05) is 48.0 Å². The van der Waals surface area contributed by atoms with Crippen LogP contribution < -0.4 is 4.90 Å². The first-order chi connectivity index (χ1) is 17.0. The molecular formula is C25H22N6O3S. The predicted molar refractivity (Wildman–Crippen MR) is 134 cm³/mol. The smallest absolute Gasteiger partial charge is 0.269 e. The summed E-state index contributed by atoms with van der Waals surface area (Å²) in [5.41, 5.74) is 4.52.